The van der Waals surface area contributed by atoms with Crippen LogP contribution in [0.1, 0.15) is 52.9 Å². The standard InChI is InChI=1S/C12H23NO2/c1-11(2,9(13)10(14)15)12(3)7-5-4-6-8-12/h9H,4-8,13H2,1-3H3,(H,14,15). The smallest absolute Gasteiger partial charge is 0.321 e. The molecule has 1 aliphatic rings. The maximum Gasteiger partial charge on any atom is 0.321 e. The highest BCUT2D eigenvalue weighted by Gasteiger charge is 2.47. The monoisotopic (exact) mass is 213 g/mol. The molecule has 0 aromatic rings. The molecule has 0 spiro atoms. The van der Waals surface area contributed by atoms with Gasteiger partial charge in [-0.25, -0.2) is 0 Å². The molecule has 0 aromatic carbocycles. The highest BCUT2D eigenvalue weighted by Crippen LogP contribution is 2.50. The Morgan fingerprint density at radius 3 is 2.20 bits per heavy atom. The van der Waals surface area contributed by atoms with Crippen LogP contribution >= 0.6 is 0 Å². The van der Waals surface area contributed by atoms with Crippen molar-refractivity contribution >= 4 is 5.97 Å². The summed E-state index contributed by atoms with van der Waals surface area (Å²) in [6.07, 6.45) is 5.87. The molecule has 1 rings (SSSR count). The average Bonchev–Trinajstić information content (AvgIpc) is 2.17. The van der Waals surface area contributed by atoms with E-state index in [0.717, 1.165) is 12.8 Å². The Labute approximate surface area is 92.0 Å². The molecule has 0 bridgehead atoms. The Morgan fingerprint density at radius 2 is 1.80 bits per heavy atom. The molecular weight excluding hydrogens is 190 g/mol. The van der Waals surface area contributed by atoms with Crippen LogP contribution in [0.5, 0.6) is 0 Å². The second-order valence-corrected chi connectivity index (χ2v) is 5.66. The fourth-order valence-corrected chi connectivity index (χ4v) is 2.66. The molecule has 0 aliphatic heterocycles. The number of nitrogens with two attached hydrogens (primary N) is 1. The predicted octanol–water partition coefficient (Wildman–Crippen LogP) is 2.39. The zero-order valence-corrected chi connectivity index (χ0v) is 10.0. The number of rotatable bonds is 3. The zero-order chi connectivity index (χ0) is 11.7. The molecule has 0 aromatic heterocycles. The van der Waals surface area contributed by atoms with Crippen LogP contribution in [0.3, 0.4) is 0 Å². The summed E-state index contributed by atoms with van der Waals surface area (Å²) in [6, 6.07) is -0.763. The Bertz CT molecular complexity index is 242. The van der Waals surface area contributed by atoms with Crippen LogP contribution in [-0.4, -0.2) is 17.1 Å². The van der Waals surface area contributed by atoms with Crippen LogP contribution in [0.2, 0.25) is 0 Å². The molecule has 1 unspecified atom stereocenters. The number of aliphatic carboxylic acids is 1. The van der Waals surface area contributed by atoms with Gasteiger partial charge in [0.05, 0.1) is 0 Å². The van der Waals surface area contributed by atoms with Crippen molar-refractivity contribution in [2.75, 3.05) is 0 Å². The summed E-state index contributed by atoms with van der Waals surface area (Å²) < 4.78 is 0. The normalized spacial score (nSPS) is 23.5. The first-order valence-electron chi connectivity index (χ1n) is 5.80. The molecule has 3 heteroatoms. The van der Waals surface area contributed by atoms with Crippen molar-refractivity contribution in [1.82, 2.24) is 0 Å². The van der Waals surface area contributed by atoms with E-state index in [9.17, 15) is 4.79 Å². The summed E-state index contributed by atoms with van der Waals surface area (Å²) in [4.78, 5) is 11.0. The van der Waals surface area contributed by atoms with Gasteiger partial charge >= 0.3 is 5.97 Å². The lowest BCUT2D eigenvalue weighted by Gasteiger charge is -2.48. The van der Waals surface area contributed by atoms with Gasteiger partial charge in [0.2, 0.25) is 0 Å². The van der Waals surface area contributed by atoms with Crippen LogP contribution < -0.4 is 5.73 Å². The second kappa shape index (κ2) is 4.12. The number of hydrogen-bond donors (Lipinski definition) is 2. The highest BCUT2D eigenvalue weighted by atomic mass is 16.4. The molecule has 88 valence electrons. The molecule has 0 amide bonds. The molecule has 1 saturated carbocycles. The van der Waals surface area contributed by atoms with Crippen molar-refractivity contribution in [3.05, 3.63) is 0 Å². The fourth-order valence-electron chi connectivity index (χ4n) is 2.66. The van der Waals surface area contributed by atoms with Crippen molar-refractivity contribution in [2.45, 2.75) is 58.9 Å². The van der Waals surface area contributed by atoms with Gasteiger partial charge in [-0.1, -0.05) is 40.0 Å². The number of hydrogen-bond acceptors (Lipinski definition) is 2. The first-order chi connectivity index (χ1) is 6.81. The summed E-state index contributed by atoms with van der Waals surface area (Å²) >= 11 is 0. The molecule has 1 aliphatic carbocycles. The van der Waals surface area contributed by atoms with E-state index in [1.165, 1.54) is 19.3 Å². The lowest BCUT2D eigenvalue weighted by molar-refractivity contribution is -0.144. The topological polar surface area (TPSA) is 63.3 Å². The minimum atomic E-state index is -0.883. The maximum atomic E-state index is 11.0. The predicted molar refractivity (Wildman–Crippen MR) is 60.6 cm³/mol. The van der Waals surface area contributed by atoms with Crippen molar-refractivity contribution < 1.29 is 9.90 Å². The average molecular weight is 213 g/mol. The first kappa shape index (κ1) is 12.5. The van der Waals surface area contributed by atoms with Crippen LogP contribution in [0.15, 0.2) is 0 Å². The van der Waals surface area contributed by atoms with E-state index in [1.54, 1.807) is 0 Å². The van der Waals surface area contributed by atoms with Gasteiger partial charge in [-0.2, -0.15) is 0 Å². The Kier molecular flexibility index (Phi) is 3.44. The van der Waals surface area contributed by atoms with Crippen LogP contribution in [0.4, 0.5) is 0 Å². The first-order valence-corrected chi connectivity index (χ1v) is 5.80. The summed E-state index contributed by atoms with van der Waals surface area (Å²) in [5, 5.41) is 9.04. The third kappa shape index (κ3) is 2.17. The van der Waals surface area contributed by atoms with Gasteiger partial charge in [0.1, 0.15) is 6.04 Å². The van der Waals surface area contributed by atoms with Crippen LogP contribution in [0, 0.1) is 10.8 Å². The highest BCUT2D eigenvalue weighted by molar-refractivity contribution is 5.74. The number of carboxylic acids is 1. The van der Waals surface area contributed by atoms with Crippen molar-refractivity contribution in [3.8, 4) is 0 Å². The van der Waals surface area contributed by atoms with E-state index in [4.69, 9.17) is 10.8 Å². The molecule has 0 saturated heterocycles. The van der Waals surface area contributed by atoms with Crippen LogP contribution in [-0.2, 0) is 4.79 Å². The van der Waals surface area contributed by atoms with E-state index >= 15 is 0 Å². The molecule has 0 radical (unpaired) electrons. The lowest BCUT2D eigenvalue weighted by Crippen LogP contribution is -2.53. The largest absolute Gasteiger partial charge is 0.480 e. The third-order valence-electron chi connectivity index (χ3n) is 4.56. The van der Waals surface area contributed by atoms with E-state index < -0.39 is 12.0 Å². The Hall–Kier alpha value is -0.570. The van der Waals surface area contributed by atoms with Gasteiger partial charge in [0, 0.05) is 0 Å². The van der Waals surface area contributed by atoms with E-state index in [-0.39, 0.29) is 10.8 Å². The molecular formula is C12H23NO2. The maximum absolute atomic E-state index is 11.0. The molecule has 3 nitrogen and oxygen atoms in total. The van der Waals surface area contributed by atoms with Crippen molar-refractivity contribution in [2.24, 2.45) is 16.6 Å². The van der Waals surface area contributed by atoms with Crippen molar-refractivity contribution in [1.29, 1.82) is 0 Å². The van der Waals surface area contributed by atoms with Crippen molar-refractivity contribution in [3.63, 3.8) is 0 Å². The van der Waals surface area contributed by atoms with Gasteiger partial charge in [-0.3, -0.25) is 4.79 Å². The Balaban J connectivity index is 2.86. The molecule has 15 heavy (non-hydrogen) atoms. The summed E-state index contributed by atoms with van der Waals surface area (Å²) in [5.41, 5.74) is 5.55. The van der Waals surface area contributed by atoms with Crippen LogP contribution in [0.25, 0.3) is 0 Å². The number of carboxylic acid groups (broad SMARTS) is 1. The second-order valence-electron chi connectivity index (χ2n) is 5.66. The lowest BCUT2D eigenvalue weighted by atomic mass is 9.57. The van der Waals surface area contributed by atoms with E-state index in [2.05, 4.69) is 6.92 Å². The van der Waals surface area contributed by atoms with Gasteiger partial charge in [0.15, 0.2) is 0 Å². The van der Waals surface area contributed by atoms with E-state index in [1.807, 2.05) is 13.8 Å². The third-order valence-corrected chi connectivity index (χ3v) is 4.56. The molecule has 3 N–H and O–H groups in total. The minimum absolute atomic E-state index is 0.0725. The molecule has 1 fully saturated rings. The summed E-state index contributed by atoms with van der Waals surface area (Å²) in [5.74, 6) is -0.883. The number of carbonyl (C=O) groups is 1. The SMILES string of the molecule is CC1(C(C)(C)C(N)C(=O)O)CCCCC1. The fraction of sp³-hybridized carbons (Fsp3) is 0.917. The molecule has 0 heterocycles. The summed E-state index contributed by atoms with van der Waals surface area (Å²) in [6.45, 7) is 6.18. The summed E-state index contributed by atoms with van der Waals surface area (Å²) in [7, 11) is 0. The van der Waals surface area contributed by atoms with Gasteiger partial charge in [0.25, 0.3) is 0 Å². The van der Waals surface area contributed by atoms with Gasteiger partial charge in [-0.05, 0) is 23.7 Å². The minimum Gasteiger partial charge on any atom is -0.480 e. The quantitative estimate of drug-likeness (QED) is 0.756. The molecule has 1 atom stereocenters. The van der Waals surface area contributed by atoms with Gasteiger partial charge < -0.3 is 10.8 Å². The Morgan fingerprint density at radius 1 is 1.33 bits per heavy atom. The van der Waals surface area contributed by atoms with E-state index in [0.29, 0.717) is 0 Å². The van der Waals surface area contributed by atoms with Gasteiger partial charge in [-0.15, -0.1) is 0 Å². The zero-order valence-electron chi connectivity index (χ0n) is 10.0.